The van der Waals surface area contributed by atoms with Crippen molar-refractivity contribution < 1.29 is 32.4 Å². The zero-order valence-electron chi connectivity index (χ0n) is 30.5. The van der Waals surface area contributed by atoms with Gasteiger partial charge in [0.1, 0.15) is 12.1 Å². The summed E-state index contributed by atoms with van der Waals surface area (Å²) in [5.74, 6) is -2.27. The van der Waals surface area contributed by atoms with Crippen LogP contribution in [0.1, 0.15) is 118 Å². The molecule has 2 unspecified atom stereocenters. The minimum absolute atomic E-state index is 0.0742. The minimum Gasteiger partial charge on any atom is -0.346 e. The molecule has 50 heavy (non-hydrogen) atoms. The van der Waals surface area contributed by atoms with Gasteiger partial charge in [0.25, 0.3) is 5.91 Å². The number of carbonyl (C=O) groups excluding carboxylic acids is 5. The molecule has 5 rings (SSSR count). The molecule has 280 valence electrons. The van der Waals surface area contributed by atoms with Crippen molar-refractivity contribution in [3.63, 3.8) is 0 Å². The highest BCUT2D eigenvalue weighted by molar-refractivity contribution is 7.92. The highest BCUT2D eigenvalue weighted by atomic mass is 32.2. The van der Waals surface area contributed by atoms with Crippen LogP contribution in [0.2, 0.25) is 0 Å². The van der Waals surface area contributed by atoms with E-state index in [1.807, 2.05) is 13.8 Å². The number of likely N-dealkylation sites (tertiary alicyclic amines) is 1. The molecule has 0 aromatic rings. The summed E-state index contributed by atoms with van der Waals surface area (Å²) in [7, 11) is -3.36. The summed E-state index contributed by atoms with van der Waals surface area (Å²) in [6.45, 7) is 12.1. The number of fused-ring (bicyclic) bond motifs is 1. The zero-order valence-corrected chi connectivity index (χ0v) is 31.3. The topological polar surface area (TPSA) is 171 Å². The standard InChI is InChI=1S/C37H59N5O7S/c1-6-15-25(29(43)32(45)38-21-7-2)39-31(44)28-27-24(35(27,3)4)23-42(28)33(46)30(36(5)17-10-8-11-18-36)40-34(47)41-37(19-12-9-13-20-37)26-16-14-22-50(26,48)49/h7,24-28,30H,2,6,8-23H2,1,3-5H3,(H,38,45)(H,39,44)(H2,40,41,47)/t24-,25?,26?,27-,28-,30+/m0/s1. The van der Waals surface area contributed by atoms with E-state index < -0.39 is 67.8 Å². The van der Waals surface area contributed by atoms with Gasteiger partial charge >= 0.3 is 6.03 Å². The van der Waals surface area contributed by atoms with Gasteiger partial charge in [0.05, 0.1) is 22.6 Å². The Hall–Kier alpha value is -2.96. The van der Waals surface area contributed by atoms with Crippen LogP contribution >= 0.6 is 0 Å². The van der Waals surface area contributed by atoms with Gasteiger partial charge in [0.15, 0.2) is 9.84 Å². The van der Waals surface area contributed by atoms with Crippen LogP contribution in [-0.4, -0.2) is 90.6 Å². The maximum atomic E-state index is 14.8. The molecule has 2 aliphatic heterocycles. The average Bonchev–Trinajstić information content (AvgIpc) is 3.38. The van der Waals surface area contributed by atoms with Crippen LogP contribution in [-0.2, 0) is 29.0 Å². The molecule has 0 aromatic heterocycles. The van der Waals surface area contributed by atoms with E-state index in [1.54, 1.807) is 4.90 Å². The molecule has 0 spiro atoms. The quantitative estimate of drug-likeness (QED) is 0.167. The molecule has 0 radical (unpaired) electrons. The Kier molecular flexibility index (Phi) is 11.4. The summed E-state index contributed by atoms with van der Waals surface area (Å²) in [5.41, 5.74) is -1.64. The first kappa shape index (κ1) is 38.3. The van der Waals surface area contributed by atoms with Crippen molar-refractivity contribution in [2.45, 2.75) is 147 Å². The van der Waals surface area contributed by atoms with Crippen LogP contribution in [0, 0.1) is 22.7 Å². The van der Waals surface area contributed by atoms with Gasteiger partial charge in [-0.3, -0.25) is 19.2 Å². The lowest BCUT2D eigenvalue weighted by molar-refractivity contribution is -0.146. The Morgan fingerprint density at radius 1 is 0.920 bits per heavy atom. The normalized spacial score (nSPS) is 29.8. The van der Waals surface area contributed by atoms with Crippen molar-refractivity contribution in [2.24, 2.45) is 22.7 Å². The van der Waals surface area contributed by atoms with Crippen LogP contribution in [0.5, 0.6) is 0 Å². The van der Waals surface area contributed by atoms with E-state index in [0.29, 0.717) is 38.6 Å². The van der Waals surface area contributed by atoms with Crippen molar-refractivity contribution in [1.82, 2.24) is 26.2 Å². The summed E-state index contributed by atoms with van der Waals surface area (Å²) < 4.78 is 26.3. The highest BCUT2D eigenvalue weighted by Gasteiger charge is 2.70. The van der Waals surface area contributed by atoms with E-state index in [4.69, 9.17) is 0 Å². The third-order valence-electron chi connectivity index (χ3n) is 12.9. The molecule has 0 bridgehead atoms. The largest absolute Gasteiger partial charge is 0.346 e. The molecule has 13 heteroatoms. The number of hydrogen-bond donors (Lipinski definition) is 4. The summed E-state index contributed by atoms with van der Waals surface area (Å²) in [4.78, 5) is 70.3. The van der Waals surface area contributed by atoms with E-state index in [1.165, 1.54) is 6.08 Å². The lowest BCUT2D eigenvalue weighted by atomic mass is 9.70. The summed E-state index contributed by atoms with van der Waals surface area (Å²) in [6.07, 6.45) is 11.5. The van der Waals surface area contributed by atoms with Gasteiger partial charge < -0.3 is 26.2 Å². The molecule has 6 atom stereocenters. The molecule has 2 heterocycles. The maximum Gasteiger partial charge on any atom is 0.315 e. The number of ketones is 1. The molecule has 3 aliphatic carbocycles. The van der Waals surface area contributed by atoms with Gasteiger partial charge in [-0.05, 0) is 67.6 Å². The predicted molar refractivity (Wildman–Crippen MR) is 191 cm³/mol. The number of carbonyl (C=O) groups is 5. The maximum absolute atomic E-state index is 14.8. The first-order chi connectivity index (χ1) is 23.6. The van der Waals surface area contributed by atoms with Gasteiger partial charge in [-0.1, -0.05) is 78.7 Å². The molecular formula is C37H59N5O7S. The monoisotopic (exact) mass is 717 g/mol. The third-order valence-corrected chi connectivity index (χ3v) is 15.3. The Bertz CT molecular complexity index is 1450. The summed E-state index contributed by atoms with van der Waals surface area (Å²) in [5, 5.41) is 10.9. The fourth-order valence-corrected chi connectivity index (χ4v) is 12.3. The van der Waals surface area contributed by atoms with E-state index in [0.717, 1.165) is 51.4 Å². The molecule has 5 fully saturated rings. The molecule has 5 aliphatic rings. The molecule has 2 saturated heterocycles. The number of urea groups is 1. The number of amides is 5. The van der Waals surface area contributed by atoms with Gasteiger partial charge in [0.2, 0.25) is 17.6 Å². The van der Waals surface area contributed by atoms with E-state index in [-0.39, 0.29) is 41.9 Å². The van der Waals surface area contributed by atoms with Crippen LogP contribution in [0.15, 0.2) is 12.7 Å². The second kappa shape index (κ2) is 14.9. The SMILES string of the molecule is C=CCNC(=O)C(=O)C(CCC)NC(=O)[C@@H]1[C@@H]2[C@H](CN1C(=O)[C@@H](NC(=O)NC1(C3CCCS3(=O)=O)CCCCC1)C1(C)CCCCC1)C2(C)C. The molecule has 12 nitrogen and oxygen atoms in total. The van der Waals surface area contributed by atoms with Gasteiger partial charge in [0, 0.05) is 13.1 Å². The first-order valence-corrected chi connectivity index (χ1v) is 20.7. The molecule has 4 N–H and O–H groups in total. The molecule has 5 amide bonds. The first-order valence-electron chi connectivity index (χ1n) is 19.0. The second-order valence-corrected chi connectivity index (χ2v) is 18.9. The van der Waals surface area contributed by atoms with Gasteiger partial charge in [-0.2, -0.15) is 0 Å². The van der Waals surface area contributed by atoms with Crippen LogP contribution < -0.4 is 21.3 Å². The fraction of sp³-hybridized carbons (Fsp3) is 0.811. The van der Waals surface area contributed by atoms with Crippen LogP contribution in [0.3, 0.4) is 0 Å². The molecular weight excluding hydrogens is 659 g/mol. The van der Waals surface area contributed by atoms with Crippen molar-refractivity contribution in [1.29, 1.82) is 0 Å². The Balaban J connectivity index is 1.40. The predicted octanol–water partition coefficient (Wildman–Crippen LogP) is 3.54. The lowest BCUT2D eigenvalue weighted by Crippen LogP contribution is -2.66. The lowest BCUT2D eigenvalue weighted by Gasteiger charge is -2.45. The van der Waals surface area contributed by atoms with Crippen molar-refractivity contribution in [3.05, 3.63) is 12.7 Å². The van der Waals surface area contributed by atoms with Crippen molar-refractivity contribution in [2.75, 3.05) is 18.8 Å². The van der Waals surface area contributed by atoms with Crippen LogP contribution in [0.25, 0.3) is 0 Å². The van der Waals surface area contributed by atoms with Gasteiger partial charge in [-0.15, -0.1) is 6.58 Å². The zero-order chi connectivity index (χ0) is 36.5. The number of piperidine rings is 1. The fourth-order valence-electron chi connectivity index (χ4n) is 9.90. The van der Waals surface area contributed by atoms with E-state index >= 15 is 0 Å². The number of Topliss-reactive ketones (excluding diaryl/α,β-unsaturated/α-hetero) is 1. The number of rotatable bonds is 13. The Labute approximate surface area is 298 Å². The second-order valence-electron chi connectivity index (χ2n) is 16.6. The van der Waals surface area contributed by atoms with Crippen molar-refractivity contribution in [3.8, 4) is 0 Å². The molecule has 0 aromatic carbocycles. The van der Waals surface area contributed by atoms with Crippen LogP contribution in [0.4, 0.5) is 4.79 Å². The summed E-state index contributed by atoms with van der Waals surface area (Å²) in [6, 6.07) is -3.37. The minimum atomic E-state index is -3.36. The smallest absolute Gasteiger partial charge is 0.315 e. The molecule has 3 saturated carbocycles. The summed E-state index contributed by atoms with van der Waals surface area (Å²) >= 11 is 0. The van der Waals surface area contributed by atoms with Crippen molar-refractivity contribution >= 4 is 39.4 Å². The van der Waals surface area contributed by atoms with Gasteiger partial charge in [-0.25, -0.2) is 13.2 Å². The third kappa shape index (κ3) is 7.48. The number of sulfone groups is 1. The number of nitrogens with zero attached hydrogens (tertiary/aromatic N) is 1. The number of nitrogens with one attached hydrogen (secondary N) is 4. The Morgan fingerprint density at radius 2 is 1.56 bits per heavy atom. The highest BCUT2D eigenvalue weighted by Crippen LogP contribution is 2.65. The van der Waals surface area contributed by atoms with E-state index in [2.05, 4.69) is 41.7 Å². The average molecular weight is 718 g/mol. The number of hydrogen-bond acceptors (Lipinski definition) is 7. The van der Waals surface area contributed by atoms with E-state index in [9.17, 15) is 32.4 Å². The Morgan fingerprint density at radius 3 is 2.14 bits per heavy atom.